The van der Waals surface area contributed by atoms with E-state index in [-0.39, 0.29) is 37.5 Å². The average molecular weight is 1090 g/mol. The zero-order chi connectivity index (χ0) is 57.1. The van der Waals surface area contributed by atoms with Crippen molar-refractivity contribution in [3.05, 3.63) is 158 Å². The van der Waals surface area contributed by atoms with Crippen molar-refractivity contribution >= 4 is 17.9 Å². The van der Waals surface area contributed by atoms with Crippen molar-refractivity contribution in [2.45, 2.75) is 271 Å². The smallest absolute Gasteiger partial charge is 0.306 e. The number of hydrogen-bond acceptors (Lipinski definition) is 6. The fraction of sp³-hybridized carbons (Fsp3) is 0.603. The molecule has 0 saturated carbocycles. The van der Waals surface area contributed by atoms with Crippen LogP contribution in [-0.2, 0) is 28.6 Å². The molecule has 0 fully saturated rings. The Morgan fingerprint density at radius 1 is 0.253 bits per heavy atom. The summed E-state index contributed by atoms with van der Waals surface area (Å²) in [5, 5.41) is 0. The summed E-state index contributed by atoms with van der Waals surface area (Å²) in [4.78, 5) is 38.3. The van der Waals surface area contributed by atoms with Crippen LogP contribution in [0, 0.1) is 0 Å². The summed E-state index contributed by atoms with van der Waals surface area (Å²) in [7, 11) is 0. The van der Waals surface area contributed by atoms with E-state index in [1.165, 1.54) is 64.2 Å². The van der Waals surface area contributed by atoms with Crippen LogP contribution >= 0.6 is 0 Å². The summed E-state index contributed by atoms with van der Waals surface area (Å²) in [6.07, 6.45) is 95.3. The number of unbranched alkanes of at least 4 members (excludes halogenated alkanes) is 19. The van der Waals surface area contributed by atoms with Crippen LogP contribution in [0.15, 0.2) is 158 Å². The highest BCUT2D eigenvalue weighted by Crippen LogP contribution is 2.15. The van der Waals surface area contributed by atoms with Gasteiger partial charge in [0.2, 0.25) is 0 Å². The predicted molar refractivity (Wildman–Crippen MR) is 343 cm³/mol. The minimum atomic E-state index is -0.815. The second-order valence-electron chi connectivity index (χ2n) is 20.5. The zero-order valence-electron chi connectivity index (χ0n) is 50.8. The molecule has 0 heterocycles. The van der Waals surface area contributed by atoms with Gasteiger partial charge in [-0.05, 0) is 141 Å². The van der Waals surface area contributed by atoms with Crippen LogP contribution in [-0.4, -0.2) is 37.2 Å². The zero-order valence-corrected chi connectivity index (χ0v) is 50.8. The molecule has 0 aliphatic rings. The molecule has 0 aromatic rings. The summed E-state index contributed by atoms with van der Waals surface area (Å²) < 4.78 is 16.9. The largest absolute Gasteiger partial charge is 0.462 e. The molecule has 0 aromatic carbocycles. The normalized spacial score (nSPS) is 13.2. The van der Waals surface area contributed by atoms with E-state index in [9.17, 15) is 14.4 Å². The Bertz CT molecular complexity index is 1780. The Hall–Kier alpha value is -4.97. The minimum absolute atomic E-state index is 0.106. The van der Waals surface area contributed by atoms with Crippen LogP contribution in [0.5, 0.6) is 0 Å². The first kappa shape index (κ1) is 74.0. The van der Waals surface area contributed by atoms with Crippen molar-refractivity contribution < 1.29 is 28.6 Å². The number of hydrogen-bond donors (Lipinski definition) is 0. The van der Waals surface area contributed by atoms with E-state index >= 15 is 0 Å². The van der Waals surface area contributed by atoms with E-state index in [1.54, 1.807) is 0 Å². The highest BCUT2D eigenvalue weighted by molar-refractivity contribution is 5.71. The lowest BCUT2D eigenvalue weighted by Crippen LogP contribution is -2.30. The third-order valence-electron chi connectivity index (χ3n) is 13.0. The van der Waals surface area contributed by atoms with Crippen LogP contribution < -0.4 is 0 Å². The van der Waals surface area contributed by atoms with Gasteiger partial charge in [-0.2, -0.15) is 0 Å². The molecule has 1 unspecified atom stereocenters. The minimum Gasteiger partial charge on any atom is -0.462 e. The van der Waals surface area contributed by atoms with Crippen molar-refractivity contribution in [2.24, 2.45) is 0 Å². The fourth-order valence-corrected chi connectivity index (χ4v) is 8.33. The molecule has 0 amide bonds. The standard InChI is InChI=1S/C73H116O6/c1-4-7-10-13-16-19-22-25-28-30-32-34-35-36-37-39-40-42-45-48-51-54-57-60-63-66-72(75)78-69-70(68-77-71(74)65-62-59-56-53-50-47-44-27-24-21-18-15-12-9-6-3)79-73(76)67-64-61-58-55-52-49-46-43-41-38-33-31-29-26-23-20-17-14-11-8-5-2/h7-12,16-21,25-29,32-34,38,43-44,46,50,53,70H,4-6,13-15,22-24,30-31,35-37,39-42,45,47-49,51-52,54-69H2,1-3H3/b10-7-,11-8-,12-9-,19-16-,20-17-,21-18-,28-25-,29-26-,34-32-,38-33-,44-27-,46-43-,53-50-. The number of ether oxygens (including phenoxy) is 3. The van der Waals surface area contributed by atoms with Gasteiger partial charge in [0.1, 0.15) is 13.2 Å². The first-order chi connectivity index (χ1) is 39.0. The summed E-state index contributed by atoms with van der Waals surface area (Å²) >= 11 is 0. The predicted octanol–water partition coefficient (Wildman–Crippen LogP) is 22.1. The quantitative estimate of drug-likeness (QED) is 0.0261. The van der Waals surface area contributed by atoms with E-state index in [0.29, 0.717) is 19.3 Å². The molecule has 0 aliphatic carbocycles. The van der Waals surface area contributed by atoms with Crippen molar-refractivity contribution in [2.75, 3.05) is 13.2 Å². The molecule has 1 atom stereocenters. The van der Waals surface area contributed by atoms with Gasteiger partial charge < -0.3 is 14.2 Å². The van der Waals surface area contributed by atoms with Gasteiger partial charge in [0.25, 0.3) is 0 Å². The van der Waals surface area contributed by atoms with Gasteiger partial charge in [-0.3, -0.25) is 14.4 Å². The number of rotatable bonds is 56. The Morgan fingerprint density at radius 2 is 0.456 bits per heavy atom. The van der Waals surface area contributed by atoms with Gasteiger partial charge in [0, 0.05) is 19.3 Å². The van der Waals surface area contributed by atoms with Crippen molar-refractivity contribution in [3.8, 4) is 0 Å². The molecular formula is C73H116O6. The number of carbonyl (C=O) groups excluding carboxylic acids is 3. The van der Waals surface area contributed by atoms with Gasteiger partial charge in [-0.1, -0.05) is 262 Å². The van der Waals surface area contributed by atoms with Gasteiger partial charge in [-0.25, -0.2) is 0 Å². The molecule has 0 aromatic heterocycles. The number of esters is 3. The van der Waals surface area contributed by atoms with E-state index in [0.717, 1.165) is 154 Å². The van der Waals surface area contributed by atoms with E-state index in [2.05, 4.69) is 179 Å². The monoisotopic (exact) mass is 1090 g/mol. The van der Waals surface area contributed by atoms with Crippen molar-refractivity contribution in [1.82, 2.24) is 0 Å². The van der Waals surface area contributed by atoms with Crippen molar-refractivity contribution in [3.63, 3.8) is 0 Å². The molecule has 0 N–H and O–H groups in total. The fourth-order valence-electron chi connectivity index (χ4n) is 8.33. The van der Waals surface area contributed by atoms with Crippen LogP contribution in [0.3, 0.4) is 0 Å². The van der Waals surface area contributed by atoms with Gasteiger partial charge in [0.05, 0.1) is 0 Å². The molecule has 79 heavy (non-hydrogen) atoms. The van der Waals surface area contributed by atoms with Gasteiger partial charge in [-0.15, -0.1) is 0 Å². The van der Waals surface area contributed by atoms with Crippen LogP contribution in [0.1, 0.15) is 265 Å². The highest BCUT2D eigenvalue weighted by Gasteiger charge is 2.19. The van der Waals surface area contributed by atoms with E-state index < -0.39 is 6.10 Å². The SMILES string of the molecule is CC/C=C\C/C=C\C/C=C\C/C=C\C/C=C\CCCCCCCC(=O)OC(COC(=O)CCCC/C=C\C/C=C\C/C=C\C/C=C\CC)COC(=O)CCCCCCCCCCCCCC/C=C\C/C=C\C/C=C\C/C=C\CC. The Labute approximate surface area is 486 Å². The number of carbonyl (C=O) groups is 3. The Kier molecular flexibility index (Phi) is 61.4. The lowest BCUT2D eigenvalue weighted by atomic mass is 10.0. The summed E-state index contributed by atoms with van der Waals surface area (Å²) in [6, 6.07) is 0. The molecule has 6 nitrogen and oxygen atoms in total. The van der Waals surface area contributed by atoms with Gasteiger partial charge >= 0.3 is 17.9 Å². The topological polar surface area (TPSA) is 78.9 Å². The second-order valence-corrected chi connectivity index (χ2v) is 20.5. The third kappa shape index (κ3) is 63.7. The molecule has 0 spiro atoms. The Morgan fingerprint density at radius 3 is 0.734 bits per heavy atom. The summed E-state index contributed by atoms with van der Waals surface area (Å²) in [5.74, 6) is -0.972. The first-order valence-electron chi connectivity index (χ1n) is 32.0. The molecule has 0 rings (SSSR count). The van der Waals surface area contributed by atoms with E-state index in [1.807, 2.05) is 0 Å². The maximum Gasteiger partial charge on any atom is 0.306 e. The maximum absolute atomic E-state index is 12.9. The maximum atomic E-state index is 12.9. The molecule has 0 bridgehead atoms. The molecule has 0 aliphatic heterocycles. The van der Waals surface area contributed by atoms with Crippen LogP contribution in [0.2, 0.25) is 0 Å². The molecule has 0 saturated heterocycles. The van der Waals surface area contributed by atoms with E-state index in [4.69, 9.17) is 14.2 Å². The molecule has 444 valence electrons. The molecule has 6 heteroatoms. The Balaban J connectivity index is 4.45. The highest BCUT2D eigenvalue weighted by atomic mass is 16.6. The number of allylic oxidation sites excluding steroid dienone is 26. The molecule has 0 radical (unpaired) electrons. The lowest BCUT2D eigenvalue weighted by molar-refractivity contribution is -0.167. The van der Waals surface area contributed by atoms with Gasteiger partial charge in [0.15, 0.2) is 6.10 Å². The van der Waals surface area contributed by atoms with Crippen LogP contribution in [0.25, 0.3) is 0 Å². The van der Waals surface area contributed by atoms with Crippen LogP contribution in [0.4, 0.5) is 0 Å². The van der Waals surface area contributed by atoms with Crippen molar-refractivity contribution in [1.29, 1.82) is 0 Å². The lowest BCUT2D eigenvalue weighted by Gasteiger charge is -2.18. The third-order valence-corrected chi connectivity index (χ3v) is 13.0. The summed E-state index contributed by atoms with van der Waals surface area (Å²) in [5.41, 5.74) is 0. The first-order valence-corrected chi connectivity index (χ1v) is 32.0. The average Bonchev–Trinajstić information content (AvgIpc) is 3.45. The second kappa shape index (κ2) is 65.5. The molecular weight excluding hydrogens is 973 g/mol. The summed E-state index contributed by atoms with van der Waals surface area (Å²) in [6.45, 7) is 6.25.